The Hall–Kier alpha value is -4.20. The molecule has 5 N–H and O–H groups in total. The van der Waals surface area contributed by atoms with E-state index in [1.54, 1.807) is 0 Å². The van der Waals surface area contributed by atoms with E-state index in [0.29, 0.717) is 12.1 Å². The van der Waals surface area contributed by atoms with Crippen molar-refractivity contribution in [2.75, 3.05) is 13.2 Å². The number of aliphatic hydroxyl groups is 3. The highest BCUT2D eigenvalue weighted by molar-refractivity contribution is 6.13. The third-order valence-electron chi connectivity index (χ3n) is 3.55. The number of ether oxygens (including phenoxy) is 2. The number of benzene rings is 1. The van der Waals surface area contributed by atoms with Crippen LogP contribution in [0.2, 0.25) is 0 Å². The summed E-state index contributed by atoms with van der Waals surface area (Å²) in [5, 5.41) is 42.3. The molecule has 0 bridgehead atoms. The molecule has 0 aliphatic rings. The summed E-state index contributed by atoms with van der Waals surface area (Å²) in [4.78, 5) is 70.1. The minimum absolute atomic E-state index is 0.171. The molecule has 184 valence electrons. The summed E-state index contributed by atoms with van der Waals surface area (Å²) in [6.07, 6.45) is -0.954. The molecule has 0 fully saturated rings. The summed E-state index contributed by atoms with van der Waals surface area (Å²) in [7, 11) is 0. The highest BCUT2D eigenvalue weighted by Crippen LogP contribution is 2.21. The van der Waals surface area contributed by atoms with E-state index in [1.807, 2.05) is 0 Å². The van der Waals surface area contributed by atoms with E-state index in [-0.39, 0.29) is 24.4 Å². The number of hydrogen-bond acceptors (Lipinski definition) is 11. The summed E-state index contributed by atoms with van der Waals surface area (Å²) < 4.78 is 8.90. The molecule has 0 aliphatic carbocycles. The number of carboxylic acids is 2. The molecular formula is C21H22O13. The van der Waals surface area contributed by atoms with Gasteiger partial charge in [0.25, 0.3) is 0 Å². The minimum atomic E-state index is -1.73. The Morgan fingerprint density at radius 2 is 1.03 bits per heavy atom. The van der Waals surface area contributed by atoms with E-state index >= 15 is 0 Å². The molecule has 1 aromatic rings. The monoisotopic (exact) mass is 482 g/mol. The number of esters is 4. The van der Waals surface area contributed by atoms with Gasteiger partial charge in [0.2, 0.25) is 0 Å². The lowest BCUT2D eigenvalue weighted by atomic mass is 9.98. The Balaban J connectivity index is 0.00000160. The maximum absolute atomic E-state index is 12.2. The normalized spacial score (nSPS) is 9.82. The first-order chi connectivity index (χ1) is 15.7. The molecule has 0 aromatic heterocycles. The average molecular weight is 482 g/mol. The molecule has 1 rings (SSSR count). The lowest BCUT2D eigenvalue weighted by Crippen LogP contribution is -2.22. The summed E-state index contributed by atoms with van der Waals surface area (Å²) >= 11 is 0. The zero-order chi connectivity index (χ0) is 26.7. The van der Waals surface area contributed by atoms with Gasteiger partial charge in [0, 0.05) is 11.1 Å². The highest BCUT2D eigenvalue weighted by Gasteiger charge is 2.29. The van der Waals surface area contributed by atoms with Crippen LogP contribution >= 0.6 is 0 Å². The quantitative estimate of drug-likeness (QED) is 0.186. The molecule has 0 atom stereocenters. The highest BCUT2D eigenvalue weighted by atomic mass is 16.6. The number of carbonyl (C=O) groups excluding carboxylic acids is 4. The average Bonchev–Trinajstić information content (AvgIpc) is 2.77. The molecule has 1 aromatic carbocycles. The van der Waals surface area contributed by atoms with Crippen LogP contribution in [0.3, 0.4) is 0 Å². The van der Waals surface area contributed by atoms with Crippen LogP contribution in [0.15, 0.2) is 36.4 Å². The topological polar surface area (TPSA) is 222 Å². The van der Waals surface area contributed by atoms with Crippen LogP contribution in [-0.2, 0) is 19.1 Å². The largest absolute Gasteiger partial charge is 0.478 e. The fraction of sp³-hybridized carbons (Fsp3) is 0.238. The molecule has 13 nitrogen and oxygen atoms in total. The van der Waals surface area contributed by atoms with Gasteiger partial charge < -0.3 is 35.0 Å². The molecule has 0 aliphatic heterocycles. The number of aliphatic hydroxyl groups excluding tert-OH is 3. The van der Waals surface area contributed by atoms with Crippen LogP contribution in [0.5, 0.6) is 0 Å². The van der Waals surface area contributed by atoms with E-state index < -0.39 is 64.2 Å². The summed E-state index contributed by atoms with van der Waals surface area (Å²) in [5.41, 5.74) is -3.64. The van der Waals surface area contributed by atoms with Crippen molar-refractivity contribution < 1.29 is 63.8 Å². The van der Waals surface area contributed by atoms with E-state index in [1.165, 1.54) is 13.8 Å². The van der Waals surface area contributed by atoms with Crippen LogP contribution in [0.4, 0.5) is 0 Å². The number of rotatable bonds is 8. The van der Waals surface area contributed by atoms with Gasteiger partial charge in [0.05, 0.1) is 35.5 Å². The standard InChI is InChI=1S/C18H14O10.C3H8O3/c1-7(2)15(23)27-17(25)11-5-9(13(19)20)10(14(21)22)6-12(11)18(26)28-16(24)8(3)4;4-1-3(6)2-5/h5-6H,1,3H2,2,4H3,(H,19,20)(H,21,22);3-6H,1-2H2. The lowest BCUT2D eigenvalue weighted by Gasteiger charge is -2.11. The zero-order valence-electron chi connectivity index (χ0n) is 18.1. The van der Waals surface area contributed by atoms with Crippen molar-refractivity contribution in [1.29, 1.82) is 0 Å². The first-order valence-electron chi connectivity index (χ1n) is 9.06. The van der Waals surface area contributed by atoms with E-state index in [9.17, 15) is 28.8 Å². The molecule has 0 heterocycles. The third-order valence-corrected chi connectivity index (χ3v) is 3.55. The van der Waals surface area contributed by atoms with Crippen molar-refractivity contribution in [3.05, 3.63) is 58.7 Å². The Labute approximate surface area is 192 Å². The summed E-state index contributed by atoms with van der Waals surface area (Å²) in [6.45, 7) is 8.24. The number of carbonyl (C=O) groups is 6. The number of aromatic carboxylic acids is 2. The predicted molar refractivity (Wildman–Crippen MR) is 111 cm³/mol. The fourth-order valence-corrected chi connectivity index (χ4v) is 1.80. The van der Waals surface area contributed by atoms with E-state index in [4.69, 9.17) is 25.5 Å². The Bertz CT molecular complexity index is 954. The molecule has 0 saturated heterocycles. The van der Waals surface area contributed by atoms with Crippen molar-refractivity contribution >= 4 is 35.8 Å². The second-order valence-corrected chi connectivity index (χ2v) is 6.49. The van der Waals surface area contributed by atoms with Gasteiger partial charge in [-0.2, -0.15) is 0 Å². The van der Waals surface area contributed by atoms with Gasteiger partial charge in [-0.05, 0) is 26.0 Å². The Morgan fingerprint density at radius 3 is 1.21 bits per heavy atom. The zero-order valence-corrected chi connectivity index (χ0v) is 18.1. The molecule has 34 heavy (non-hydrogen) atoms. The van der Waals surface area contributed by atoms with Gasteiger partial charge in [0.15, 0.2) is 0 Å². The van der Waals surface area contributed by atoms with Crippen molar-refractivity contribution in [3.63, 3.8) is 0 Å². The molecule has 0 saturated carbocycles. The number of carboxylic acid groups (broad SMARTS) is 2. The Morgan fingerprint density at radius 1 is 0.735 bits per heavy atom. The van der Waals surface area contributed by atoms with Gasteiger partial charge in [-0.15, -0.1) is 0 Å². The van der Waals surface area contributed by atoms with Crippen LogP contribution in [0, 0.1) is 0 Å². The maximum atomic E-state index is 12.2. The van der Waals surface area contributed by atoms with Crippen LogP contribution in [0.1, 0.15) is 55.3 Å². The number of hydrogen-bond donors (Lipinski definition) is 5. The molecule has 0 amide bonds. The van der Waals surface area contributed by atoms with Crippen LogP contribution < -0.4 is 0 Å². The van der Waals surface area contributed by atoms with Gasteiger partial charge in [-0.25, -0.2) is 28.8 Å². The molecule has 0 unspecified atom stereocenters. The summed E-state index contributed by atoms with van der Waals surface area (Å²) in [5.74, 6) is -8.72. The molecular weight excluding hydrogens is 460 g/mol. The predicted octanol–water partition coefficient (Wildman–Crippen LogP) is -0.0661. The van der Waals surface area contributed by atoms with E-state index in [2.05, 4.69) is 22.6 Å². The minimum Gasteiger partial charge on any atom is -0.478 e. The lowest BCUT2D eigenvalue weighted by molar-refractivity contribution is -0.134. The van der Waals surface area contributed by atoms with Gasteiger partial charge >= 0.3 is 35.8 Å². The maximum Gasteiger partial charge on any atom is 0.346 e. The van der Waals surface area contributed by atoms with Crippen molar-refractivity contribution in [1.82, 2.24) is 0 Å². The summed E-state index contributed by atoms with van der Waals surface area (Å²) in [6, 6.07) is 1.06. The van der Waals surface area contributed by atoms with Crippen LogP contribution in [-0.4, -0.2) is 80.7 Å². The smallest absolute Gasteiger partial charge is 0.346 e. The molecule has 13 heteroatoms. The fourth-order valence-electron chi connectivity index (χ4n) is 1.80. The van der Waals surface area contributed by atoms with E-state index in [0.717, 1.165) is 0 Å². The Kier molecular flexibility index (Phi) is 11.7. The van der Waals surface area contributed by atoms with Crippen molar-refractivity contribution in [3.8, 4) is 0 Å². The SMILES string of the molecule is C=C(C)C(=O)OC(=O)c1cc(C(=O)O)c(C(=O)O)cc1C(=O)OC(=O)C(=C)C.OCC(O)CO. The molecule has 0 radical (unpaired) electrons. The second kappa shape index (κ2) is 13.4. The van der Waals surface area contributed by atoms with Crippen molar-refractivity contribution in [2.45, 2.75) is 20.0 Å². The van der Waals surface area contributed by atoms with Gasteiger partial charge in [-0.3, -0.25) is 0 Å². The third kappa shape index (κ3) is 8.74. The molecule has 0 spiro atoms. The first-order valence-corrected chi connectivity index (χ1v) is 9.06. The van der Waals surface area contributed by atoms with Gasteiger partial charge in [0.1, 0.15) is 6.10 Å². The van der Waals surface area contributed by atoms with Crippen LogP contribution in [0.25, 0.3) is 0 Å². The van der Waals surface area contributed by atoms with Crippen molar-refractivity contribution in [2.24, 2.45) is 0 Å². The second-order valence-electron chi connectivity index (χ2n) is 6.49. The van der Waals surface area contributed by atoms with Gasteiger partial charge in [-0.1, -0.05) is 13.2 Å². The first kappa shape index (κ1) is 29.8.